The molecule has 0 aliphatic rings. The number of nitrogens with zero attached hydrogens (tertiary/aromatic N) is 3. The molecule has 1 heterocycles. The molecule has 0 spiro atoms. The van der Waals surface area contributed by atoms with E-state index in [0.717, 1.165) is 17.1 Å². The van der Waals surface area contributed by atoms with Gasteiger partial charge >= 0.3 is 0 Å². The van der Waals surface area contributed by atoms with Gasteiger partial charge in [-0.1, -0.05) is 29.8 Å². The Morgan fingerprint density at radius 1 is 1.11 bits per heavy atom. The predicted octanol–water partition coefficient (Wildman–Crippen LogP) is 3.88. The van der Waals surface area contributed by atoms with E-state index < -0.39 is 0 Å². The maximum absolute atomic E-state index is 11.2. The lowest BCUT2D eigenvalue weighted by molar-refractivity contribution is -0.114. The molecule has 3 rings (SSSR count). The zero-order valence-electron chi connectivity index (χ0n) is 14.7. The first kappa shape index (κ1) is 18.6. The molecule has 0 aliphatic heterocycles. The minimum absolute atomic E-state index is 0.128. The Bertz CT molecular complexity index is 916. The summed E-state index contributed by atoms with van der Waals surface area (Å²) in [5.41, 5.74) is 2.63. The minimum atomic E-state index is -0.128. The normalized spacial score (nSPS) is 10.3. The number of halogens is 1. The van der Waals surface area contributed by atoms with Gasteiger partial charge in [0, 0.05) is 29.9 Å². The number of hydrogen-bond donors (Lipinski definition) is 3. The molecule has 1 amide bonds. The fraction of sp³-hybridized carbons (Fsp3) is 0.158. The van der Waals surface area contributed by atoms with Crippen LogP contribution in [0, 0.1) is 0 Å². The number of nitrogens with one attached hydrogen (secondary N) is 3. The van der Waals surface area contributed by atoms with Gasteiger partial charge in [-0.15, -0.1) is 5.10 Å². The highest BCUT2D eigenvalue weighted by molar-refractivity contribution is 6.30. The van der Waals surface area contributed by atoms with Gasteiger partial charge in [-0.2, -0.15) is 10.1 Å². The first-order chi connectivity index (χ1) is 13.1. The first-order valence-electron chi connectivity index (χ1n) is 8.41. The highest BCUT2D eigenvalue weighted by Crippen LogP contribution is 2.18. The van der Waals surface area contributed by atoms with Crippen molar-refractivity contribution in [2.24, 2.45) is 0 Å². The zero-order chi connectivity index (χ0) is 19.1. The Balaban J connectivity index is 1.58. The average Bonchev–Trinajstić information content (AvgIpc) is 2.63. The molecule has 2 aromatic carbocycles. The Hall–Kier alpha value is -3.19. The summed E-state index contributed by atoms with van der Waals surface area (Å²) in [4.78, 5) is 15.6. The van der Waals surface area contributed by atoms with Crippen molar-refractivity contribution in [3.63, 3.8) is 0 Å². The SMILES string of the molecule is CC(=O)Nc1cccc(Nc2nncc(NCCc3ccc(Cl)cc3)n2)c1. The Morgan fingerprint density at radius 2 is 1.89 bits per heavy atom. The molecular weight excluding hydrogens is 364 g/mol. The molecule has 0 fully saturated rings. The van der Waals surface area contributed by atoms with E-state index in [9.17, 15) is 4.79 Å². The fourth-order valence-electron chi connectivity index (χ4n) is 2.43. The summed E-state index contributed by atoms with van der Waals surface area (Å²) in [6.45, 7) is 2.17. The summed E-state index contributed by atoms with van der Waals surface area (Å²) < 4.78 is 0. The molecule has 0 atom stereocenters. The van der Waals surface area contributed by atoms with Crippen molar-refractivity contribution < 1.29 is 4.79 Å². The van der Waals surface area contributed by atoms with Crippen LogP contribution in [0.3, 0.4) is 0 Å². The molecule has 7 nitrogen and oxygen atoms in total. The van der Waals surface area contributed by atoms with Crippen molar-refractivity contribution in [3.8, 4) is 0 Å². The monoisotopic (exact) mass is 382 g/mol. The zero-order valence-corrected chi connectivity index (χ0v) is 15.5. The standard InChI is InChI=1S/C19H19ClN6O/c1-13(27)23-16-3-2-4-17(11-16)24-19-25-18(12-22-26-19)21-10-9-14-5-7-15(20)8-6-14/h2-8,11-12H,9-10H2,1H3,(H,23,27)(H2,21,24,25,26). The maximum atomic E-state index is 11.2. The van der Waals surface area contributed by atoms with Gasteiger partial charge in [0.05, 0.1) is 6.20 Å². The second kappa shape index (κ2) is 8.95. The lowest BCUT2D eigenvalue weighted by Gasteiger charge is -2.09. The molecule has 0 bridgehead atoms. The molecule has 0 radical (unpaired) electrons. The van der Waals surface area contributed by atoms with E-state index in [1.165, 1.54) is 12.5 Å². The van der Waals surface area contributed by atoms with Crippen LogP contribution in [-0.2, 0) is 11.2 Å². The molecule has 1 aromatic heterocycles. The van der Waals surface area contributed by atoms with Gasteiger partial charge in [0.25, 0.3) is 0 Å². The average molecular weight is 383 g/mol. The second-order valence-electron chi connectivity index (χ2n) is 5.86. The Kier molecular flexibility index (Phi) is 6.17. The number of anilines is 4. The van der Waals surface area contributed by atoms with E-state index in [4.69, 9.17) is 11.6 Å². The number of carbonyl (C=O) groups is 1. The van der Waals surface area contributed by atoms with Gasteiger partial charge in [-0.25, -0.2) is 0 Å². The molecule has 3 N–H and O–H groups in total. The second-order valence-corrected chi connectivity index (χ2v) is 6.29. The van der Waals surface area contributed by atoms with Gasteiger partial charge in [-0.3, -0.25) is 4.79 Å². The molecular formula is C19H19ClN6O. The molecule has 138 valence electrons. The molecule has 3 aromatic rings. The number of amides is 1. The number of aromatic nitrogens is 3. The van der Waals surface area contributed by atoms with Crippen LogP contribution >= 0.6 is 11.6 Å². The van der Waals surface area contributed by atoms with E-state index in [1.54, 1.807) is 18.3 Å². The number of benzene rings is 2. The summed E-state index contributed by atoms with van der Waals surface area (Å²) in [5, 5.41) is 17.7. The number of rotatable bonds is 7. The lowest BCUT2D eigenvalue weighted by Crippen LogP contribution is -2.09. The van der Waals surface area contributed by atoms with Crippen LogP contribution in [0.2, 0.25) is 5.02 Å². The van der Waals surface area contributed by atoms with E-state index in [2.05, 4.69) is 31.1 Å². The van der Waals surface area contributed by atoms with Crippen LogP contribution in [0.4, 0.5) is 23.1 Å². The van der Waals surface area contributed by atoms with Crippen LogP contribution in [0.15, 0.2) is 54.7 Å². The van der Waals surface area contributed by atoms with E-state index in [-0.39, 0.29) is 5.91 Å². The van der Waals surface area contributed by atoms with E-state index in [1.807, 2.05) is 36.4 Å². The summed E-state index contributed by atoms with van der Waals surface area (Å²) in [6, 6.07) is 15.0. The highest BCUT2D eigenvalue weighted by Gasteiger charge is 2.03. The van der Waals surface area contributed by atoms with Gasteiger partial charge < -0.3 is 16.0 Å². The van der Waals surface area contributed by atoms with Crippen LogP contribution in [-0.4, -0.2) is 27.6 Å². The Morgan fingerprint density at radius 3 is 2.67 bits per heavy atom. The molecule has 8 heteroatoms. The molecule has 0 aliphatic carbocycles. The van der Waals surface area contributed by atoms with Crippen molar-refractivity contribution in [2.45, 2.75) is 13.3 Å². The molecule has 0 unspecified atom stereocenters. The van der Waals surface area contributed by atoms with Gasteiger partial charge in [0.1, 0.15) is 0 Å². The summed E-state index contributed by atoms with van der Waals surface area (Å²) in [5.74, 6) is 0.864. The Labute approximate surface area is 162 Å². The summed E-state index contributed by atoms with van der Waals surface area (Å²) >= 11 is 5.89. The third-order valence-corrected chi connectivity index (χ3v) is 3.88. The molecule has 0 saturated heterocycles. The lowest BCUT2D eigenvalue weighted by atomic mass is 10.1. The molecule has 0 saturated carbocycles. The third kappa shape index (κ3) is 5.93. The van der Waals surface area contributed by atoms with E-state index in [0.29, 0.717) is 24.0 Å². The van der Waals surface area contributed by atoms with Gasteiger partial charge in [-0.05, 0) is 42.3 Å². The fourth-order valence-corrected chi connectivity index (χ4v) is 2.56. The van der Waals surface area contributed by atoms with Crippen molar-refractivity contribution in [3.05, 3.63) is 65.3 Å². The van der Waals surface area contributed by atoms with Crippen molar-refractivity contribution in [1.82, 2.24) is 15.2 Å². The van der Waals surface area contributed by atoms with Crippen LogP contribution in [0.5, 0.6) is 0 Å². The molecule has 27 heavy (non-hydrogen) atoms. The summed E-state index contributed by atoms with van der Waals surface area (Å²) in [6.07, 6.45) is 2.41. The van der Waals surface area contributed by atoms with E-state index >= 15 is 0 Å². The van der Waals surface area contributed by atoms with Gasteiger partial charge in [0.15, 0.2) is 5.82 Å². The van der Waals surface area contributed by atoms with Crippen LogP contribution < -0.4 is 16.0 Å². The van der Waals surface area contributed by atoms with Crippen molar-refractivity contribution in [1.29, 1.82) is 0 Å². The third-order valence-electron chi connectivity index (χ3n) is 3.63. The smallest absolute Gasteiger partial charge is 0.249 e. The van der Waals surface area contributed by atoms with Crippen LogP contribution in [0.25, 0.3) is 0 Å². The van der Waals surface area contributed by atoms with Crippen LogP contribution in [0.1, 0.15) is 12.5 Å². The largest absolute Gasteiger partial charge is 0.368 e. The predicted molar refractivity (Wildman–Crippen MR) is 108 cm³/mol. The number of hydrogen-bond acceptors (Lipinski definition) is 6. The first-order valence-corrected chi connectivity index (χ1v) is 8.79. The van der Waals surface area contributed by atoms with Crippen molar-refractivity contribution >= 4 is 40.6 Å². The summed E-state index contributed by atoms with van der Waals surface area (Å²) in [7, 11) is 0. The topological polar surface area (TPSA) is 91.8 Å². The quantitative estimate of drug-likeness (QED) is 0.574. The van der Waals surface area contributed by atoms with Crippen molar-refractivity contribution in [2.75, 3.05) is 22.5 Å². The number of carbonyl (C=O) groups excluding carboxylic acids is 1. The minimum Gasteiger partial charge on any atom is -0.368 e. The highest BCUT2D eigenvalue weighted by atomic mass is 35.5. The maximum Gasteiger partial charge on any atom is 0.249 e. The van der Waals surface area contributed by atoms with Gasteiger partial charge in [0.2, 0.25) is 11.9 Å².